The van der Waals surface area contributed by atoms with E-state index in [4.69, 9.17) is 14.2 Å². The SMILES string of the molecule is CCCc1ccc(C(=O)Oc2cc(C(C)C)cc(C(C)C)c2OC(=O)Oc2ccccc2)cc1. The van der Waals surface area contributed by atoms with Crippen LogP contribution in [-0.4, -0.2) is 12.1 Å². The summed E-state index contributed by atoms with van der Waals surface area (Å²) in [6.07, 6.45) is 1.08. The zero-order valence-corrected chi connectivity index (χ0v) is 20.5. The third kappa shape index (κ3) is 6.47. The lowest BCUT2D eigenvalue weighted by Gasteiger charge is -2.19. The second-order valence-electron chi connectivity index (χ2n) is 8.85. The number of benzene rings is 3. The molecule has 34 heavy (non-hydrogen) atoms. The number of para-hydroxylation sites is 1. The molecule has 0 saturated carbocycles. The van der Waals surface area contributed by atoms with Gasteiger partial charge in [0.15, 0.2) is 11.5 Å². The van der Waals surface area contributed by atoms with Crippen LogP contribution in [0.15, 0.2) is 66.7 Å². The molecule has 5 heteroatoms. The number of hydrogen-bond acceptors (Lipinski definition) is 5. The van der Waals surface area contributed by atoms with E-state index in [0.29, 0.717) is 11.3 Å². The predicted octanol–water partition coefficient (Wildman–Crippen LogP) is 7.68. The molecule has 0 aromatic heterocycles. The van der Waals surface area contributed by atoms with Crippen LogP contribution in [0.2, 0.25) is 0 Å². The van der Waals surface area contributed by atoms with Gasteiger partial charge in [-0.2, -0.15) is 0 Å². The number of aryl methyl sites for hydroxylation is 1. The van der Waals surface area contributed by atoms with Gasteiger partial charge in [-0.25, -0.2) is 9.59 Å². The topological polar surface area (TPSA) is 61.8 Å². The summed E-state index contributed by atoms with van der Waals surface area (Å²) in [5.74, 6) is 0.444. The quantitative estimate of drug-likeness (QED) is 0.196. The molecule has 3 aromatic carbocycles. The maximum absolute atomic E-state index is 13.0. The van der Waals surface area contributed by atoms with E-state index in [0.717, 1.165) is 29.5 Å². The molecule has 5 nitrogen and oxygen atoms in total. The van der Waals surface area contributed by atoms with Crippen molar-refractivity contribution in [3.05, 3.63) is 89.0 Å². The van der Waals surface area contributed by atoms with Crippen molar-refractivity contribution in [3.63, 3.8) is 0 Å². The molecule has 0 aliphatic heterocycles. The third-order valence-electron chi connectivity index (χ3n) is 5.46. The minimum atomic E-state index is -0.897. The summed E-state index contributed by atoms with van der Waals surface area (Å²) in [5, 5.41) is 0. The van der Waals surface area contributed by atoms with Crippen LogP contribution in [0.5, 0.6) is 17.2 Å². The van der Waals surface area contributed by atoms with E-state index in [9.17, 15) is 9.59 Å². The average molecular weight is 461 g/mol. The molecular weight excluding hydrogens is 428 g/mol. The van der Waals surface area contributed by atoms with Gasteiger partial charge in [0, 0.05) is 5.56 Å². The summed E-state index contributed by atoms with van der Waals surface area (Å²) in [7, 11) is 0. The van der Waals surface area contributed by atoms with E-state index >= 15 is 0 Å². The van der Waals surface area contributed by atoms with Crippen LogP contribution in [0.1, 0.15) is 79.9 Å². The van der Waals surface area contributed by atoms with Gasteiger partial charge >= 0.3 is 12.1 Å². The first kappa shape index (κ1) is 25.0. The highest BCUT2D eigenvalue weighted by Gasteiger charge is 2.23. The Morgan fingerprint density at radius 1 is 0.794 bits per heavy atom. The van der Waals surface area contributed by atoms with Crippen LogP contribution in [0.3, 0.4) is 0 Å². The van der Waals surface area contributed by atoms with Crippen molar-refractivity contribution < 1.29 is 23.8 Å². The smallest absolute Gasteiger partial charge is 0.419 e. The molecule has 0 radical (unpaired) electrons. The lowest BCUT2D eigenvalue weighted by atomic mass is 9.94. The van der Waals surface area contributed by atoms with Crippen LogP contribution in [-0.2, 0) is 6.42 Å². The lowest BCUT2D eigenvalue weighted by molar-refractivity contribution is 0.0725. The number of carbonyl (C=O) groups excluding carboxylic acids is 2. The van der Waals surface area contributed by atoms with Gasteiger partial charge in [0.05, 0.1) is 5.56 Å². The molecule has 0 fully saturated rings. The Hall–Kier alpha value is -3.60. The van der Waals surface area contributed by atoms with E-state index in [-0.39, 0.29) is 23.3 Å². The molecule has 178 valence electrons. The van der Waals surface area contributed by atoms with Crippen molar-refractivity contribution in [2.45, 2.75) is 59.3 Å². The van der Waals surface area contributed by atoms with Crippen LogP contribution in [0.4, 0.5) is 4.79 Å². The molecule has 0 saturated heterocycles. The summed E-state index contributed by atoms with van der Waals surface area (Å²) >= 11 is 0. The van der Waals surface area contributed by atoms with E-state index in [2.05, 4.69) is 20.8 Å². The van der Waals surface area contributed by atoms with Crippen molar-refractivity contribution in [2.24, 2.45) is 0 Å². The Bertz CT molecular complexity index is 1120. The molecule has 0 atom stereocenters. The van der Waals surface area contributed by atoms with Gasteiger partial charge in [0.25, 0.3) is 0 Å². The highest BCUT2D eigenvalue weighted by Crippen LogP contribution is 2.40. The van der Waals surface area contributed by atoms with Crippen molar-refractivity contribution in [2.75, 3.05) is 0 Å². The van der Waals surface area contributed by atoms with Crippen molar-refractivity contribution >= 4 is 12.1 Å². The van der Waals surface area contributed by atoms with E-state index in [1.807, 2.05) is 38.1 Å². The number of hydrogen-bond donors (Lipinski definition) is 0. The van der Waals surface area contributed by atoms with Crippen molar-refractivity contribution in [3.8, 4) is 17.2 Å². The van der Waals surface area contributed by atoms with Crippen LogP contribution in [0, 0.1) is 0 Å². The van der Waals surface area contributed by atoms with Crippen LogP contribution in [0.25, 0.3) is 0 Å². The second-order valence-corrected chi connectivity index (χ2v) is 8.85. The van der Waals surface area contributed by atoms with Crippen LogP contribution >= 0.6 is 0 Å². The minimum absolute atomic E-state index is 0.0176. The molecule has 0 heterocycles. The van der Waals surface area contributed by atoms with Gasteiger partial charge in [-0.1, -0.05) is 77.4 Å². The fourth-order valence-electron chi connectivity index (χ4n) is 3.54. The van der Waals surface area contributed by atoms with Crippen LogP contribution < -0.4 is 14.2 Å². The van der Waals surface area contributed by atoms with E-state index in [1.165, 1.54) is 0 Å². The number of ether oxygens (including phenoxy) is 3. The first-order chi connectivity index (χ1) is 16.3. The first-order valence-electron chi connectivity index (χ1n) is 11.7. The van der Waals surface area contributed by atoms with Crippen molar-refractivity contribution in [1.29, 1.82) is 0 Å². The molecule has 0 bridgehead atoms. The third-order valence-corrected chi connectivity index (χ3v) is 5.46. The highest BCUT2D eigenvalue weighted by atomic mass is 16.7. The fourth-order valence-corrected chi connectivity index (χ4v) is 3.54. The zero-order valence-electron chi connectivity index (χ0n) is 20.5. The standard InChI is InChI=1S/C29H32O5/c1-6-10-21-13-15-22(16-14-21)28(30)33-26-18-23(19(2)3)17-25(20(4)5)27(26)34-29(31)32-24-11-8-7-9-12-24/h7-9,11-20H,6,10H2,1-5H3. The van der Waals surface area contributed by atoms with Crippen molar-refractivity contribution in [1.82, 2.24) is 0 Å². The molecule has 3 rings (SSSR count). The lowest BCUT2D eigenvalue weighted by Crippen LogP contribution is -2.17. The molecule has 0 aliphatic rings. The Morgan fingerprint density at radius 3 is 2.06 bits per heavy atom. The van der Waals surface area contributed by atoms with E-state index in [1.54, 1.807) is 42.5 Å². The Morgan fingerprint density at radius 2 is 1.47 bits per heavy atom. The molecule has 0 unspecified atom stereocenters. The maximum atomic E-state index is 13.0. The number of esters is 1. The maximum Gasteiger partial charge on any atom is 0.519 e. The first-order valence-corrected chi connectivity index (χ1v) is 11.7. The number of carbonyl (C=O) groups is 2. The fraction of sp³-hybridized carbons (Fsp3) is 0.310. The predicted molar refractivity (Wildman–Crippen MR) is 133 cm³/mol. The molecule has 0 aliphatic carbocycles. The van der Waals surface area contributed by atoms with Gasteiger partial charge < -0.3 is 14.2 Å². The van der Waals surface area contributed by atoms with Gasteiger partial charge in [0.2, 0.25) is 0 Å². The summed E-state index contributed by atoms with van der Waals surface area (Å²) < 4.78 is 16.7. The summed E-state index contributed by atoms with van der Waals surface area (Å²) in [6, 6.07) is 19.8. The summed E-state index contributed by atoms with van der Waals surface area (Å²) in [6.45, 7) is 10.2. The Balaban J connectivity index is 1.94. The molecular formula is C29H32O5. The van der Waals surface area contributed by atoms with Gasteiger partial charge in [-0.15, -0.1) is 0 Å². The van der Waals surface area contributed by atoms with E-state index < -0.39 is 12.1 Å². The summed E-state index contributed by atoms with van der Waals surface area (Å²) in [5.41, 5.74) is 3.33. The number of rotatable bonds is 8. The minimum Gasteiger partial charge on any atom is -0.419 e. The normalized spacial score (nSPS) is 10.9. The van der Waals surface area contributed by atoms with Gasteiger partial charge in [-0.3, -0.25) is 0 Å². The Labute approximate surface area is 201 Å². The second kappa shape index (κ2) is 11.5. The molecule has 0 spiro atoms. The average Bonchev–Trinajstić information content (AvgIpc) is 2.81. The summed E-state index contributed by atoms with van der Waals surface area (Å²) in [4.78, 5) is 25.6. The Kier molecular flexibility index (Phi) is 8.47. The molecule has 0 amide bonds. The molecule has 0 N–H and O–H groups in total. The van der Waals surface area contributed by atoms with Gasteiger partial charge in [0.1, 0.15) is 5.75 Å². The highest BCUT2D eigenvalue weighted by molar-refractivity contribution is 5.91. The molecule has 3 aromatic rings. The van der Waals surface area contributed by atoms with Gasteiger partial charge in [-0.05, 0) is 59.7 Å². The monoisotopic (exact) mass is 460 g/mol. The largest absolute Gasteiger partial charge is 0.519 e. The zero-order chi connectivity index (χ0) is 24.7.